The maximum absolute atomic E-state index is 13.0. The van der Waals surface area contributed by atoms with E-state index >= 15 is 0 Å². The number of hydrogen-bond acceptors (Lipinski definition) is 3. The van der Waals surface area contributed by atoms with Gasteiger partial charge in [-0.25, -0.2) is 0 Å². The van der Waals surface area contributed by atoms with Gasteiger partial charge in [0.2, 0.25) is 0 Å². The van der Waals surface area contributed by atoms with Gasteiger partial charge in [-0.1, -0.05) is 54.6 Å². The lowest BCUT2D eigenvalue weighted by molar-refractivity contribution is 0.0909. The summed E-state index contributed by atoms with van der Waals surface area (Å²) in [5, 5.41) is 3.26. The Bertz CT molecular complexity index is 963. The zero-order valence-corrected chi connectivity index (χ0v) is 16.8. The van der Waals surface area contributed by atoms with Gasteiger partial charge in [0.15, 0.2) is 0 Å². The largest absolute Gasteiger partial charge is 0.349 e. The summed E-state index contributed by atoms with van der Waals surface area (Å²) in [5.74, 6) is 0.0169. The van der Waals surface area contributed by atoms with Gasteiger partial charge in [0, 0.05) is 36.9 Å². The summed E-state index contributed by atoms with van der Waals surface area (Å²) in [4.78, 5) is 20.0. The van der Waals surface area contributed by atoms with Gasteiger partial charge in [0.1, 0.15) is 0 Å². The molecule has 2 aromatic carbocycles. The lowest BCUT2D eigenvalue weighted by Gasteiger charge is -2.32. The van der Waals surface area contributed by atoms with Crippen LogP contribution in [-0.2, 0) is 6.54 Å². The molecule has 1 N–H and O–H groups in total. The predicted molar refractivity (Wildman–Crippen MR) is 117 cm³/mol. The molecule has 0 bridgehead atoms. The van der Waals surface area contributed by atoms with Crippen molar-refractivity contribution in [2.45, 2.75) is 32.4 Å². The number of carbonyl (C=O) groups excluding carboxylic acids is 1. The Balaban J connectivity index is 1.36. The van der Waals surface area contributed by atoms with Crippen LogP contribution in [0.2, 0.25) is 0 Å². The van der Waals surface area contributed by atoms with Crippen molar-refractivity contribution >= 4 is 5.91 Å². The predicted octanol–water partition coefficient (Wildman–Crippen LogP) is 4.45. The van der Waals surface area contributed by atoms with Crippen LogP contribution in [0.1, 0.15) is 34.6 Å². The minimum Gasteiger partial charge on any atom is -0.349 e. The molecule has 1 aliphatic heterocycles. The van der Waals surface area contributed by atoms with E-state index in [1.807, 2.05) is 67.6 Å². The van der Waals surface area contributed by atoms with E-state index in [4.69, 9.17) is 0 Å². The van der Waals surface area contributed by atoms with Crippen LogP contribution in [0.25, 0.3) is 11.1 Å². The highest BCUT2D eigenvalue weighted by Gasteiger charge is 2.22. The maximum atomic E-state index is 13.0. The van der Waals surface area contributed by atoms with Gasteiger partial charge in [-0.05, 0) is 49.1 Å². The first-order chi connectivity index (χ1) is 14.2. The molecule has 0 unspecified atom stereocenters. The molecule has 0 aliphatic carbocycles. The van der Waals surface area contributed by atoms with E-state index in [1.165, 1.54) is 0 Å². The first kappa shape index (κ1) is 19.3. The summed E-state index contributed by atoms with van der Waals surface area (Å²) in [6.07, 6.45) is 1.93. The molecule has 0 saturated carbocycles. The molecular formula is C25H27N3O. The molecule has 3 aromatic rings. The highest BCUT2D eigenvalue weighted by Crippen LogP contribution is 2.24. The number of nitrogens with one attached hydrogen (secondary N) is 1. The summed E-state index contributed by atoms with van der Waals surface area (Å²) in [7, 11) is 0. The fraction of sp³-hybridized carbons (Fsp3) is 0.280. The number of amides is 1. The van der Waals surface area contributed by atoms with Crippen LogP contribution in [0.4, 0.5) is 0 Å². The Morgan fingerprint density at radius 1 is 0.966 bits per heavy atom. The minimum absolute atomic E-state index is 0.0169. The fourth-order valence-corrected chi connectivity index (χ4v) is 3.97. The summed E-state index contributed by atoms with van der Waals surface area (Å²) < 4.78 is 0. The van der Waals surface area contributed by atoms with Crippen molar-refractivity contribution in [1.82, 2.24) is 15.2 Å². The van der Waals surface area contributed by atoms with Gasteiger partial charge in [-0.15, -0.1) is 0 Å². The number of nitrogens with zero attached hydrogens (tertiary/aromatic N) is 2. The number of hydrogen-bond donors (Lipinski definition) is 1. The van der Waals surface area contributed by atoms with E-state index in [1.54, 1.807) is 0 Å². The van der Waals surface area contributed by atoms with E-state index in [2.05, 4.69) is 27.3 Å². The van der Waals surface area contributed by atoms with Crippen molar-refractivity contribution in [1.29, 1.82) is 0 Å². The normalized spacial score (nSPS) is 15.2. The van der Waals surface area contributed by atoms with Crippen LogP contribution in [0, 0.1) is 6.92 Å². The number of rotatable bonds is 5. The molecule has 1 aliphatic rings. The van der Waals surface area contributed by atoms with Gasteiger partial charge in [-0.2, -0.15) is 0 Å². The second-order valence-corrected chi connectivity index (χ2v) is 7.71. The first-order valence-corrected chi connectivity index (χ1v) is 10.3. The van der Waals surface area contributed by atoms with Crippen molar-refractivity contribution in [3.05, 3.63) is 89.7 Å². The average Bonchev–Trinajstić information content (AvgIpc) is 2.76. The molecule has 0 spiro atoms. The molecular weight excluding hydrogens is 358 g/mol. The third-order valence-electron chi connectivity index (χ3n) is 5.51. The molecule has 2 heterocycles. The fourth-order valence-electron chi connectivity index (χ4n) is 3.97. The number of piperidine rings is 1. The number of aryl methyl sites for hydroxylation is 1. The topological polar surface area (TPSA) is 45.2 Å². The summed E-state index contributed by atoms with van der Waals surface area (Å²) >= 11 is 0. The molecule has 1 fully saturated rings. The van der Waals surface area contributed by atoms with Crippen molar-refractivity contribution in [2.24, 2.45) is 0 Å². The Morgan fingerprint density at radius 3 is 2.45 bits per heavy atom. The van der Waals surface area contributed by atoms with Crippen LogP contribution in [0.5, 0.6) is 0 Å². The van der Waals surface area contributed by atoms with Crippen LogP contribution >= 0.6 is 0 Å². The summed E-state index contributed by atoms with van der Waals surface area (Å²) in [5.41, 5.74) is 4.96. The van der Waals surface area contributed by atoms with Crippen molar-refractivity contribution < 1.29 is 4.79 Å². The quantitative estimate of drug-likeness (QED) is 0.706. The Hall–Kier alpha value is -2.98. The number of benzene rings is 2. The average molecular weight is 386 g/mol. The Morgan fingerprint density at radius 2 is 1.69 bits per heavy atom. The van der Waals surface area contributed by atoms with Crippen LogP contribution in [0.15, 0.2) is 72.8 Å². The van der Waals surface area contributed by atoms with Crippen LogP contribution in [-0.4, -0.2) is 34.9 Å². The number of pyridine rings is 1. The Labute approximate surface area is 172 Å². The van der Waals surface area contributed by atoms with Crippen molar-refractivity contribution in [3.8, 4) is 11.1 Å². The Kier molecular flexibility index (Phi) is 6.01. The second-order valence-electron chi connectivity index (χ2n) is 7.71. The third kappa shape index (κ3) is 4.90. The minimum atomic E-state index is 0.0169. The van der Waals surface area contributed by atoms with Gasteiger partial charge in [-0.3, -0.25) is 14.7 Å². The summed E-state index contributed by atoms with van der Waals surface area (Å²) in [6.45, 7) is 4.85. The molecule has 4 nitrogen and oxygen atoms in total. The SMILES string of the molecule is Cc1cccc(CN2CCC(NC(=O)c3ccccc3-c3ccccc3)CC2)n1. The van der Waals surface area contributed by atoms with Gasteiger partial charge < -0.3 is 5.32 Å². The van der Waals surface area contributed by atoms with E-state index in [0.29, 0.717) is 0 Å². The second kappa shape index (κ2) is 9.01. The third-order valence-corrected chi connectivity index (χ3v) is 5.51. The molecule has 29 heavy (non-hydrogen) atoms. The summed E-state index contributed by atoms with van der Waals surface area (Å²) in [6, 6.07) is 24.3. The molecule has 0 radical (unpaired) electrons. The molecule has 0 atom stereocenters. The first-order valence-electron chi connectivity index (χ1n) is 10.3. The smallest absolute Gasteiger partial charge is 0.252 e. The standard InChI is InChI=1S/C25H27N3O/c1-19-8-7-11-22(26-19)18-28-16-14-21(15-17-28)27-25(29)24-13-6-5-12-23(24)20-9-3-2-4-10-20/h2-13,21H,14-18H2,1H3,(H,27,29). The number of likely N-dealkylation sites (tertiary alicyclic amines) is 1. The lowest BCUT2D eigenvalue weighted by atomic mass is 9.98. The monoisotopic (exact) mass is 385 g/mol. The van der Waals surface area contributed by atoms with Crippen molar-refractivity contribution in [3.63, 3.8) is 0 Å². The maximum Gasteiger partial charge on any atom is 0.252 e. The highest BCUT2D eigenvalue weighted by atomic mass is 16.1. The molecule has 4 rings (SSSR count). The van der Waals surface area contributed by atoms with E-state index < -0.39 is 0 Å². The van der Waals surface area contributed by atoms with Crippen LogP contribution < -0.4 is 5.32 Å². The molecule has 148 valence electrons. The van der Waals surface area contributed by atoms with Crippen LogP contribution in [0.3, 0.4) is 0 Å². The number of carbonyl (C=O) groups is 1. The molecule has 1 aromatic heterocycles. The number of aromatic nitrogens is 1. The zero-order valence-electron chi connectivity index (χ0n) is 16.8. The zero-order chi connectivity index (χ0) is 20.1. The highest BCUT2D eigenvalue weighted by molar-refractivity contribution is 6.01. The van der Waals surface area contributed by atoms with Gasteiger partial charge >= 0.3 is 0 Å². The van der Waals surface area contributed by atoms with Gasteiger partial charge in [0.25, 0.3) is 5.91 Å². The van der Waals surface area contributed by atoms with Gasteiger partial charge in [0.05, 0.1) is 5.69 Å². The van der Waals surface area contributed by atoms with E-state index in [9.17, 15) is 4.79 Å². The lowest BCUT2D eigenvalue weighted by Crippen LogP contribution is -2.44. The van der Waals surface area contributed by atoms with E-state index in [0.717, 1.165) is 60.6 Å². The molecule has 1 amide bonds. The molecule has 1 saturated heterocycles. The van der Waals surface area contributed by atoms with Crippen molar-refractivity contribution in [2.75, 3.05) is 13.1 Å². The van der Waals surface area contributed by atoms with E-state index in [-0.39, 0.29) is 11.9 Å². The molecule has 4 heteroatoms.